The van der Waals surface area contributed by atoms with Crippen molar-refractivity contribution in [2.75, 3.05) is 11.9 Å². The zero-order chi connectivity index (χ0) is 30.3. The van der Waals surface area contributed by atoms with Gasteiger partial charge in [-0.05, 0) is 54.9 Å². The number of anilines is 1. The predicted molar refractivity (Wildman–Crippen MR) is 166 cm³/mol. The number of rotatable bonds is 10. The van der Waals surface area contributed by atoms with E-state index in [1.807, 2.05) is 36.4 Å². The van der Waals surface area contributed by atoms with Gasteiger partial charge < -0.3 is 21.2 Å². The number of pyridine rings is 2. The van der Waals surface area contributed by atoms with Gasteiger partial charge in [0.1, 0.15) is 5.54 Å². The monoisotopic (exact) mass is 571 g/mol. The van der Waals surface area contributed by atoms with Gasteiger partial charge >= 0.3 is 6.03 Å². The molecule has 1 atom stereocenters. The summed E-state index contributed by atoms with van der Waals surface area (Å²) < 4.78 is 0.743. The molecule has 2 heterocycles. The lowest BCUT2D eigenvalue weighted by molar-refractivity contribution is -0.614. The lowest BCUT2D eigenvalue weighted by Crippen LogP contribution is -2.61. The highest BCUT2D eigenvalue weighted by molar-refractivity contribution is 5.97. The third kappa shape index (κ3) is 7.09. The van der Waals surface area contributed by atoms with Gasteiger partial charge in [-0.25, -0.2) is 4.79 Å². The Morgan fingerprint density at radius 3 is 2.21 bits per heavy atom. The summed E-state index contributed by atoms with van der Waals surface area (Å²) in [5, 5.41) is 21.8. The SMILES string of the molecule is CC(C)c1cccc(C(C)C)c1NC(=O)NC(C)(Cc1cccc[n+]1[O-])C(=O)NCC1(c2ccccn2)CCCCC1. The molecule has 1 fully saturated rings. The van der Waals surface area contributed by atoms with Gasteiger partial charge in [-0.15, -0.1) is 0 Å². The van der Waals surface area contributed by atoms with Crippen molar-refractivity contribution < 1.29 is 14.3 Å². The number of aromatic nitrogens is 2. The molecule has 2 aromatic heterocycles. The fourth-order valence-electron chi connectivity index (χ4n) is 6.11. The van der Waals surface area contributed by atoms with Crippen LogP contribution in [0.1, 0.15) is 101 Å². The molecule has 0 radical (unpaired) electrons. The van der Waals surface area contributed by atoms with E-state index in [-0.39, 0.29) is 29.6 Å². The van der Waals surface area contributed by atoms with E-state index in [9.17, 15) is 14.8 Å². The van der Waals surface area contributed by atoms with E-state index in [0.717, 1.165) is 59.3 Å². The molecule has 8 nitrogen and oxygen atoms in total. The van der Waals surface area contributed by atoms with Gasteiger partial charge in [0.25, 0.3) is 0 Å². The van der Waals surface area contributed by atoms with Gasteiger partial charge in [-0.2, -0.15) is 4.73 Å². The summed E-state index contributed by atoms with van der Waals surface area (Å²) in [7, 11) is 0. The molecule has 8 heteroatoms. The van der Waals surface area contributed by atoms with Crippen LogP contribution in [-0.4, -0.2) is 29.0 Å². The van der Waals surface area contributed by atoms with Crippen LogP contribution in [-0.2, 0) is 16.6 Å². The summed E-state index contributed by atoms with van der Waals surface area (Å²) in [6.07, 6.45) is 8.38. The summed E-state index contributed by atoms with van der Waals surface area (Å²) in [4.78, 5) is 32.4. The number of hydrogen-bond donors (Lipinski definition) is 3. The molecular weight excluding hydrogens is 526 g/mol. The molecule has 4 rings (SSSR count). The minimum absolute atomic E-state index is 0.0239. The lowest BCUT2D eigenvalue weighted by atomic mass is 9.71. The molecule has 0 bridgehead atoms. The van der Waals surface area contributed by atoms with Crippen molar-refractivity contribution in [2.24, 2.45) is 0 Å². The summed E-state index contributed by atoms with van der Waals surface area (Å²) >= 11 is 0. The third-order valence-corrected chi connectivity index (χ3v) is 8.55. The largest absolute Gasteiger partial charge is 0.619 e. The Kier molecular flexibility index (Phi) is 9.86. The van der Waals surface area contributed by atoms with Crippen molar-refractivity contribution in [3.63, 3.8) is 0 Å². The van der Waals surface area contributed by atoms with Gasteiger partial charge in [0.15, 0.2) is 11.9 Å². The molecule has 1 aromatic carbocycles. The standard InChI is InChI=1S/C34H45N5O3/c1-24(2)27-15-13-16-28(25(3)4)30(27)37-32(41)38-33(5,22-26-14-8-12-21-39(26)42)31(40)36-23-34(18-9-6-10-19-34)29-17-7-11-20-35-29/h7-8,11-17,20-21,24-25H,6,9-10,18-19,22-23H2,1-5H3,(H,36,40)(H2,37,38,41). The van der Waals surface area contributed by atoms with Crippen LogP contribution in [0.25, 0.3) is 0 Å². The van der Waals surface area contributed by atoms with E-state index < -0.39 is 11.6 Å². The van der Waals surface area contributed by atoms with Crippen LogP contribution in [0.2, 0.25) is 0 Å². The van der Waals surface area contributed by atoms with Crippen LogP contribution in [0, 0.1) is 5.21 Å². The number of carbonyl (C=O) groups is 2. The summed E-state index contributed by atoms with van der Waals surface area (Å²) in [6, 6.07) is 16.6. The molecule has 1 unspecified atom stereocenters. The van der Waals surface area contributed by atoms with E-state index in [1.165, 1.54) is 6.20 Å². The molecule has 3 amide bonds. The second-order valence-electron chi connectivity index (χ2n) is 12.5. The van der Waals surface area contributed by atoms with Crippen molar-refractivity contribution in [3.8, 4) is 0 Å². The van der Waals surface area contributed by atoms with E-state index >= 15 is 0 Å². The van der Waals surface area contributed by atoms with Crippen LogP contribution >= 0.6 is 0 Å². The molecule has 3 N–H and O–H groups in total. The molecule has 42 heavy (non-hydrogen) atoms. The van der Waals surface area contributed by atoms with E-state index in [4.69, 9.17) is 0 Å². The Bertz CT molecular complexity index is 1340. The first kappa shape index (κ1) is 31.0. The molecule has 1 aliphatic rings. The smallest absolute Gasteiger partial charge is 0.320 e. The Morgan fingerprint density at radius 2 is 1.62 bits per heavy atom. The number of para-hydroxylation sites is 1. The van der Waals surface area contributed by atoms with Crippen LogP contribution in [0.5, 0.6) is 0 Å². The Labute approximate surface area is 249 Å². The van der Waals surface area contributed by atoms with E-state index in [0.29, 0.717) is 12.2 Å². The van der Waals surface area contributed by atoms with Crippen molar-refractivity contribution in [2.45, 2.75) is 95.9 Å². The molecule has 1 aliphatic carbocycles. The predicted octanol–water partition coefficient (Wildman–Crippen LogP) is 6.10. The Hall–Kier alpha value is -3.94. The first-order chi connectivity index (χ1) is 20.0. The summed E-state index contributed by atoms with van der Waals surface area (Å²) in [5.41, 5.74) is 2.50. The van der Waals surface area contributed by atoms with Gasteiger partial charge in [0.05, 0.1) is 6.42 Å². The van der Waals surface area contributed by atoms with Gasteiger partial charge in [0.2, 0.25) is 5.91 Å². The van der Waals surface area contributed by atoms with Crippen LogP contribution in [0.15, 0.2) is 67.0 Å². The quantitative estimate of drug-likeness (QED) is 0.202. The number of urea groups is 1. The number of hydrogen-bond acceptors (Lipinski definition) is 4. The zero-order valence-corrected chi connectivity index (χ0v) is 25.6. The first-order valence-corrected chi connectivity index (χ1v) is 15.1. The topological polar surface area (TPSA) is 110 Å². The fourth-order valence-corrected chi connectivity index (χ4v) is 6.11. The second-order valence-corrected chi connectivity index (χ2v) is 12.5. The lowest BCUT2D eigenvalue weighted by Gasteiger charge is -2.38. The molecular formula is C34H45N5O3. The van der Waals surface area contributed by atoms with Crippen molar-refractivity contribution in [1.82, 2.24) is 15.6 Å². The Morgan fingerprint density at radius 1 is 0.952 bits per heavy atom. The highest BCUT2D eigenvalue weighted by Gasteiger charge is 2.41. The van der Waals surface area contributed by atoms with Gasteiger partial charge in [-0.3, -0.25) is 9.78 Å². The number of amides is 3. The van der Waals surface area contributed by atoms with E-state index in [1.54, 1.807) is 31.3 Å². The minimum Gasteiger partial charge on any atom is -0.619 e. The molecule has 0 aliphatic heterocycles. The number of nitrogens with zero attached hydrogens (tertiary/aromatic N) is 2. The number of carbonyl (C=O) groups excluding carboxylic acids is 2. The van der Waals surface area contributed by atoms with Crippen LogP contribution < -0.4 is 20.7 Å². The first-order valence-electron chi connectivity index (χ1n) is 15.1. The maximum atomic E-state index is 14.0. The van der Waals surface area contributed by atoms with Gasteiger partial charge in [0, 0.05) is 41.7 Å². The highest BCUT2D eigenvalue weighted by Crippen LogP contribution is 2.38. The van der Waals surface area contributed by atoms with Crippen molar-refractivity contribution >= 4 is 17.6 Å². The number of benzene rings is 1. The van der Waals surface area contributed by atoms with Crippen molar-refractivity contribution in [3.05, 3.63) is 94.7 Å². The number of nitrogens with one attached hydrogen (secondary N) is 3. The van der Waals surface area contributed by atoms with Gasteiger partial charge in [-0.1, -0.05) is 77.3 Å². The Balaban J connectivity index is 1.62. The molecule has 224 valence electrons. The third-order valence-electron chi connectivity index (χ3n) is 8.55. The van der Waals surface area contributed by atoms with Crippen molar-refractivity contribution in [1.29, 1.82) is 0 Å². The van der Waals surface area contributed by atoms with E-state index in [2.05, 4.69) is 48.6 Å². The average molecular weight is 572 g/mol. The minimum atomic E-state index is -1.40. The molecule has 3 aromatic rings. The summed E-state index contributed by atoms with van der Waals surface area (Å²) in [6.45, 7) is 10.4. The summed E-state index contributed by atoms with van der Waals surface area (Å²) in [5.74, 6) is 0.0370. The molecule has 0 saturated heterocycles. The molecule has 1 saturated carbocycles. The van der Waals surface area contributed by atoms with Crippen LogP contribution in [0.3, 0.4) is 0 Å². The maximum absolute atomic E-state index is 14.0. The fraction of sp³-hybridized carbons (Fsp3) is 0.471. The highest BCUT2D eigenvalue weighted by atomic mass is 16.5. The second kappa shape index (κ2) is 13.4. The van der Waals surface area contributed by atoms with Crippen LogP contribution in [0.4, 0.5) is 10.5 Å². The molecule has 0 spiro atoms. The zero-order valence-electron chi connectivity index (χ0n) is 25.6. The normalized spacial score (nSPS) is 16.1. The maximum Gasteiger partial charge on any atom is 0.320 e. The average Bonchev–Trinajstić information content (AvgIpc) is 2.97.